The topological polar surface area (TPSA) is 32.3 Å². The molecule has 22 heavy (non-hydrogen) atoms. The van der Waals surface area contributed by atoms with Crippen LogP contribution in [0.25, 0.3) is 0 Å². The molecule has 1 aliphatic heterocycles. The van der Waals surface area contributed by atoms with E-state index in [2.05, 4.69) is 17.1 Å². The van der Waals surface area contributed by atoms with Crippen molar-refractivity contribution in [1.29, 1.82) is 0 Å². The van der Waals surface area contributed by atoms with Crippen LogP contribution in [0.5, 0.6) is 0 Å². The van der Waals surface area contributed by atoms with Gasteiger partial charge in [-0.3, -0.25) is 4.79 Å². The average molecular weight is 347 g/mol. The predicted octanol–water partition coefficient (Wildman–Crippen LogP) is 3.98. The molecule has 1 amide bonds. The van der Waals surface area contributed by atoms with Crippen LogP contribution in [0, 0.1) is 11.7 Å². The van der Waals surface area contributed by atoms with Crippen molar-refractivity contribution in [3.8, 4) is 0 Å². The van der Waals surface area contributed by atoms with Gasteiger partial charge in [0.2, 0.25) is 0 Å². The summed E-state index contributed by atoms with van der Waals surface area (Å²) in [5, 5.41) is 2.89. The smallest absolute Gasteiger partial charge is 0.252 e. The van der Waals surface area contributed by atoms with Gasteiger partial charge in [0.1, 0.15) is 5.82 Å². The number of nitrogens with zero attached hydrogens (tertiary/aromatic N) is 1. The normalized spacial score (nSPS) is 17.3. The Morgan fingerprint density at radius 2 is 1.95 bits per heavy atom. The van der Waals surface area contributed by atoms with E-state index in [1.807, 2.05) is 0 Å². The number of carbonyl (C=O) groups is 1. The van der Waals surface area contributed by atoms with Crippen molar-refractivity contribution in [1.82, 2.24) is 10.2 Å². The Kier molecular flexibility index (Phi) is 6.48. The first-order valence-corrected chi connectivity index (χ1v) is 8.38. The maximum Gasteiger partial charge on any atom is 0.252 e. The molecule has 1 heterocycles. The van der Waals surface area contributed by atoms with E-state index in [1.165, 1.54) is 25.3 Å². The van der Waals surface area contributed by atoms with Crippen LogP contribution < -0.4 is 5.32 Å². The zero-order chi connectivity index (χ0) is 16.1. The van der Waals surface area contributed by atoms with Crippen LogP contribution in [0.3, 0.4) is 0 Å². The molecule has 0 aliphatic carbocycles. The molecule has 2 rings (SSSR count). The van der Waals surface area contributed by atoms with Crippen molar-refractivity contribution < 1.29 is 9.18 Å². The maximum absolute atomic E-state index is 13.5. The second kappa shape index (κ2) is 8.14. The molecule has 122 valence electrons. The molecule has 0 spiro atoms. The molecule has 1 saturated heterocycles. The lowest BCUT2D eigenvalue weighted by atomic mass is 10.1. The summed E-state index contributed by atoms with van der Waals surface area (Å²) in [4.78, 5) is 14.5. The van der Waals surface area contributed by atoms with Gasteiger partial charge in [0.05, 0.1) is 15.6 Å². The fourth-order valence-corrected chi connectivity index (χ4v) is 3.18. The van der Waals surface area contributed by atoms with Gasteiger partial charge >= 0.3 is 0 Å². The van der Waals surface area contributed by atoms with Crippen LogP contribution in [-0.4, -0.2) is 37.0 Å². The first-order valence-electron chi connectivity index (χ1n) is 7.62. The summed E-state index contributed by atoms with van der Waals surface area (Å²) in [5.74, 6) is -0.679. The summed E-state index contributed by atoms with van der Waals surface area (Å²) in [6.45, 7) is 5.86. The van der Waals surface area contributed by atoms with Gasteiger partial charge in [0.15, 0.2) is 0 Å². The summed E-state index contributed by atoms with van der Waals surface area (Å²) >= 11 is 11.6. The van der Waals surface area contributed by atoms with E-state index >= 15 is 0 Å². The molecule has 1 fully saturated rings. The molecule has 1 N–H and O–H groups in total. The molecule has 0 saturated carbocycles. The number of likely N-dealkylation sites (tertiary alicyclic amines) is 1. The van der Waals surface area contributed by atoms with E-state index in [1.54, 1.807) is 0 Å². The van der Waals surface area contributed by atoms with Gasteiger partial charge in [-0.15, -0.1) is 0 Å². The van der Waals surface area contributed by atoms with E-state index < -0.39 is 5.82 Å². The number of carbonyl (C=O) groups excluding carboxylic acids is 1. The highest BCUT2D eigenvalue weighted by molar-refractivity contribution is 6.36. The lowest BCUT2D eigenvalue weighted by Gasteiger charge is -2.29. The minimum absolute atomic E-state index is 0.0833. The Hall–Kier alpha value is -0.840. The third-order valence-electron chi connectivity index (χ3n) is 3.88. The van der Waals surface area contributed by atoms with E-state index in [4.69, 9.17) is 23.2 Å². The molecule has 1 atom stereocenters. The van der Waals surface area contributed by atoms with Gasteiger partial charge < -0.3 is 10.2 Å². The monoisotopic (exact) mass is 346 g/mol. The number of piperidine rings is 1. The first kappa shape index (κ1) is 17.5. The molecule has 3 nitrogen and oxygen atoms in total. The summed E-state index contributed by atoms with van der Waals surface area (Å²) in [6, 6.07) is 2.33. The minimum atomic E-state index is -0.641. The summed E-state index contributed by atoms with van der Waals surface area (Å²) in [5.41, 5.74) is 0.119. The molecule has 1 aromatic carbocycles. The van der Waals surface area contributed by atoms with Crippen LogP contribution in [-0.2, 0) is 0 Å². The van der Waals surface area contributed by atoms with Gasteiger partial charge in [-0.2, -0.15) is 0 Å². The third kappa shape index (κ3) is 4.83. The molecular weight excluding hydrogens is 326 g/mol. The van der Waals surface area contributed by atoms with Crippen LogP contribution >= 0.6 is 23.2 Å². The number of amides is 1. The quantitative estimate of drug-likeness (QED) is 0.817. The molecule has 0 aromatic heterocycles. The number of hydrogen-bond donors (Lipinski definition) is 1. The van der Waals surface area contributed by atoms with E-state index in [-0.39, 0.29) is 21.5 Å². The minimum Gasteiger partial charge on any atom is -0.352 e. The largest absolute Gasteiger partial charge is 0.352 e. The SMILES string of the molecule is CC(CNC(=O)c1cc(F)c(Cl)cc1Cl)CN1CCCCC1. The van der Waals surface area contributed by atoms with Gasteiger partial charge in [-0.05, 0) is 44.0 Å². The fraction of sp³-hybridized carbons (Fsp3) is 0.562. The molecule has 1 aromatic rings. The lowest BCUT2D eigenvalue weighted by Crippen LogP contribution is -2.38. The molecule has 0 bridgehead atoms. The Labute approximate surface area is 140 Å². The van der Waals surface area contributed by atoms with Gasteiger partial charge in [0, 0.05) is 13.1 Å². The Morgan fingerprint density at radius 3 is 2.64 bits per heavy atom. The van der Waals surface area contributed by atoms with Crippen molar-refractivity contribution in [2.75, 3.05) is 26.2 Å². The standard InChI is InChI=1S/C16H21Cl2FN2O/c1-11(10-21-5-3-2-4-6-21)9-20-16(22)12-7-15(19)14(18)8-13(12)17/h7-8,11H,2-6,9-10H2,1H3,(H,20,22). The molecule has 1 aliphatic rings. The van der Waals surface area contributed by atoms with Crippen LogP contribution in [0.4, 0.5) is 4.39 Å². The highest BCUT2D eigenvalue weighted by atomic mass is 35.5. The number of hydrogen-bond acceptors (Lipinski definition) is 2. The maximum atomic E-state index is 13.5. The van der Waals surface area contributed by atoms with Crippen molar-refractivity contribution in [3.05, 3.63) is 33.6 Å². The molecule has 0 radical (unpaired) electrons. The zero-order valence-corrected chi connectivity index (χ0v) is 14.2. The van der Waals surface area contributed by atoms with E-state index in [0.29, 0.717) is 12.5 Å². The van der Waals surface area contributed by atoms with Crippen LogP contribution in [0.15, 0.2) is 12.1 Å². The average Bonchev–Trinajstić information content (AvgIpc) is 2.49. The number of rotatable bonds is 5. The van der Waals surface area contributed by atoms with Gasteiger partial charge in [0.25, 0.3) is 5.91 Å². The number of halogens is 3. The van der Waals surface area contributed by atoms with E-state index in [0.717, 1.165) is 25.7 Å². The van der Waals surface area contributed by atoms with E-state index in [9.17, 15) is 9.18 Å². The second-order valence-corrected chi connectivity index (χ2v) is 6.74. The van der Waals surface area contributed by atoms with Crippen molar-refractivity contribution in [2.45, 2.75) is 26.2 Å². The summed E-state index contributed by atoms with van der Waals surface area (Å²) in [6.07, 6.45) is 3.81. The number of benzene rings is 1. The fourth-order valence-electron chi connectivity index (χ4n) is 2.71. The third-order valence-corrected chi connectivity index (χ3v) is 4.49. The second-order valence-electron chi connectivity index (χ2n) is 5.92. The number of nitrogens with one attached hydrogen (secondary N) is 1. The first-order chi connectivity index (χ1) is 10.5. The summed E-state index contributed by atoms with van der Waals surface area (Å²) < 4.78 is 13.5. The highest BCUT2D eigenvalue weighted by Crippen LogP contribution is 2.24. The van der Waals surface area contributed by atoms with Crippen LogP contribution in [0.2, 0.25) is 10.0 Å². The molecule has 6 heteroatoms. The van der Waals surface area contributed by atoms with Gasteiger partial charge in [-0.25, -0.2) is 4.39 Å². The van der Waals surface area contributed by atoms with Crippen molar-refractivity contribution >= 4 is 29.1 Å². The van der Waals surface area contributed by atoms with Gasteiger partial charge in [-0.1, -0.05) is 36.5 Å². The molecule has 1 unspecified atom stereocenters. The molecular formula is C16H21Cl2FN2O. The zero-order valence-electron chi connectivity index (χ0n) is 12.7. The lowest BCUT2D eigenvalue weighted by molar-refractivity contribution is 0.0942. The van der Waals surface area contributed by atoms with Crippen molar-refractivity contribution in [2.24, 2.45) is 5.92 Å². The summed E-state index contributed by atoms with van der Waals surface area (Å²) in [7, 11) is 0. The van der Waals surface area contributed by atoms with Crippen LogP contribution in [0.1, 0.15) is 36.5 Å². The Balaban J connectivity index is 1.85. The predicted molar refractivity (Wildman–Crippen MR) is 88.2 cm³/mol. The Bertz CT molecular complexity index is 533. The Morgan fingerprint density at radius 1 is 1.27 bits per heavy atom. The highest BCUT2D eigenvalue weighted by Gasteiger charge is 2.17. The van der Waals surface area contributed by atoms with Crippen molar-refractivity contribution in [3.63, 3.8) is 0 Å².